The maximum atomic E-state index is 12.2. The van der Waals surface area contributed by atoms with Gasteiger partial charge in [-0.15, -0.1) is 0 Å². The van der Waals surface area contributed by atoms with Gasteiger partial charge in [0.2, 0.25) is 0 Å². The standard InChI is InChI=1S/C85H69BN6/c1-83(2,3)55-37-43-76-65(46-55)66-47-56(84(4,5)6)38-44-77(66)89(76)59-39-41-68-78(50-59)90(58-26-21-25-54(45-58)53-23-11-10-12-24-53)80-48-57(85(7,8)9)49-81-82(80)86(68)69-42-40-60(88-70-31-17-13-27-61(70)62-28-14-18-32-71(62)88)51-79(69)92(81)75-36-22-35-74(67(75)52-87)91-72-33-19-15-29-63(72)64-30-16-20-34-73(64)91/h10-51H,1-9H3/i13D,14D,17D,18D,27D,28D,31D,32D. The van der Waals surface area contributed by atoms with Crippen LogP contribution in [0.4, 0.5) is 34.1 Å². The summed E-state index contributed by atoms with van der Waals surface area (Å²) in [4.78, 5) is 4.64. The molecule has 0 bridgehead atoms. The number of anilines is 6. The van der Waals surface area contributed by atoms with Crippen molar-refractivity contribution in [3.8, 4) is 34.3 Å². The lowest BCUT2D eigenvalue weighted by Gasteiger charge is -2.45. The molecular formula is C85H69BN6. The second-order valence-electron chi connectivity index (χ2n) is 27.9. The number of nitrogens with zero attached hydrogens (tertiary/aromatic N) is 6. The van der Waals surface area contributed by atoms with Crippen LogP contribution in [-0.2, 0) is 16.2 Å². The molecule has 17 rings (SSSR count). The number of para-hydroxylation sites is 4. The minimum Gasteiger partial charge on any atom is -0.311 e. The molecule has 7 heteroatoms. The highest BCUT2D eigenvalue weighted by Crippen LogP contribution is 2.50. The highest BCUT2D eigenvalue weighted by Gasteiger charge is 2.45. The summed E-state index contributed by atoms with van der Waals surface area (Å²) in [7, 11) is 0. The molecule has 12 aromatic carbocycles. The van der Waals surface area contributed by atoms with Gasteiger partial charge in [-0.2, -0.15) is 5.26 Å². The smallest absolute Gasteiger partial charge is 0.252 e. The SMILES string of the molecule is [2H]c1c([2H])c([2H])c2c(c1[2H])c1c([2H])c([2H])c([2H])c([2H])c1n2-c1ccc2c(c1)N(c1cccc(-n3c4ccccc4c4ccccc43)c1C#N)c1cc(C(C)(C)C)cc3c1B2c1ccc(-n2c4ccc(C(C)(C)C)cc4c4cc(C(C)(C)C)ccc42)cc1N3c1cccc(-c2ccccc2)c1. The normalized spacial score (nSPS) is 14.4. The minimum atomic E-state index is -0.516. The first kappa shape index (κ1) is 47.2. The molecular weight excluding hydrogens is 1120 g/mol. The van der Waals surface area contributed by atoms with Crippen LogP contribution in [-0.4, -0.2) is 20.4 Å². The van der Waals surface area contributed by atoms with Crippen molar-refractivity contribution < 1.29 is 11.0 Å². The third-order valence-electron chi connectivity index (χ3n) is 19.4. The Morgan fingerprint density at radius 1 is 0.337 bits per heavy atom. The summed E-state index contributed by atoms with van der Waals surface area (Å²) < 4.78 is 80.5. The number of benzene rings is 12. The maximum Gasteiger partial charge on any atom is 0.252 e. The van der Waals surface area contributed by atoms with E-state index in [1.54, 1.807) is 4.57 Å². The van der Waals surface area contributed by atoms with Gasteiger partial charge in [-0.1, -0.05) is 208 Å². The fourth-order valence-electron chi connectivity index (χ4n) is 14.8. The van der Waals surface area contributed by atoms with E-state index in [-0.39, 0.29) is 32.6 Å². The van der Waals surface area contributed by atoms with Crippen LogP contribution < -0.4 is 26.2 Å². The Bertz CT molecular complexity index is 5930. The summed E-state index contributed by atoms with van der Waals surface area (Å²) >= 11 is 0. The third kappa shape index (κ3) is 8.32. The van der Waals surface area contributed by atoms with Crippen LogP contribution in [0.2, 0.25) is 0 Å². The summed E-state index contributed by atoms with van der Waals surface area (Å²) in [5.74, 6) is 0. The molecule has 3 aromatic heterocycles. The van der Waals surface area contributed by atoms with E-state index >= 15 is 0 Å². The Morgan fingerprint density at radius 3 is 1.38 bits per heavy atom. The lowest BCUT2D eigenvalue weighted by molar-refractivity contribution is 0.590. The molecule has 0 radical (unpaired) electrons. The predicted molar refractivity (Wildman–Crippen MR) is 390 cm³/mol. The number of aromatic nitrogens is 3. The fourth-order valence-corrected chi connectivity index (χ4v) is 14.8. The van der Waals surface area contributed by atoms with E-state index in [2.05, 4.69) is 233 Å². The zero-order valence-corrected chi connectivity index (χ0v) is 52.9. The van der Waals surface area contributed by atoms with Crippen LogP contribution in [0.3, 0.4) is 0 Å². The van der Waals surface area contributed by atoms with Crippen LogP contribution in [0.15, 0.2) is 255 Å². The Hall–Kier alpha value is -10.8. The van der Waals surface area contributed by atoms with Gasteiger partial charge in [0.1, 0.15) is 11.6 Å². The van der Waals surface area contributed by atoms with E-state index < -0.39 is 60.5 Å². The van der Waals surface area contributed by atoms with E-state index in [0.29, 0.717) is 28.3 Å². The van der Waals surface area contributed by atoms with Crippen LogP contribution in [0.25, 0.3) is 93.6 Å². The number of fused-ring (bicyclic) bond motifs is 13. The lowest BCUT2D eigenvalue weighted by atomic mass is 9.33. The quantitative estimate of drug-likeness (QED) is 0.156. The molecule has 2 aliphatic heterocycles. The molecule has 0 fully saturated rings. The van der Waals surface area contributed by atoms with Crippen LogP contribution in [0.5, 0.6) is 0 Å². The average molecular weight is 1190 g/mol. The molecule has 92 heavy (non-hydrogen) atoms. The highest BCUT2D eigenvalue weighted by molar-refractivity contribution is 7.00. The summed E-state index contributed by atoms with van der Waals surface area (Å²) in [6.07, 6.45) is 0. The van der Waals surface area contributed by atoms with Crippen molar-refractivity contribution in [3.63, 3.8) is 0 Å². The number of hydrogen-bond acceptors (Lipinski definition) is 3. The van der Waals surface area contributed by atoms with Crippen molar-refractivity contribution in [1.29, 1.82) is 5.26 Å². The van der Waals surface area contributed by atoms with Crippen molar-refractivity contribution >= 4 is 123 Å². The molecule has 0 amide bonds. The van der Waals surface area contributed by atoms with Gasteiger partial charge in [0.05, 0.1) is 55.4 Å². The van der Waals surface area contributed by atoms with Gasteiger partial charge in [-0.25, -0.2) is 0 Å². The zero-order chi connectivity index (χ0) is 69.7. The van der Waals surface area contributed by atoms with Gasteiger partial charge >= 0.3 is 0 Å². The second kappa shape index (κ2) is 20.1. The second-order valence-corrected chi connectivity index (χ2v) is 27.9. The Balaban J connectivity index is 1.01. The molecule has 442 valence electrons. The van der Waals surface area contributed by atoms with Gasteiger partial charge in [-0.3, -0.25) is 0 Å². The zero-order valence-electron chi connectivity index (χ0n) is 60.9. The van der Waals surface area contributed by atoms with Gasteiger partial charge < -0.3 is 23.5 Å². The first-order chi connectivity index (χ1) is 47.8. The van der Waals surface area contributed by atoms with Crippen molar-refractivity contribution in [2.45, 2.75) is 78.6 Å². The molecule has 15 aromatic rings. The largest absolute Gasteiger partial charge is 0.311 e. The van der Waals surface area contributed by atoms with Crippen molar-refractivity contribution in [1.82, 2.24) is 13.7 Å². The van der Waals surface area contributed by atoms with Crippen LogP contribution >= 0.6 is 0 Å². The van der Waals surface area contributed by atoms with Crippen molar-refractivity contribution in [2.75, 3.05) is 9.80 Å². The molecule has 2 aliphatic rings. The number of nitriles is 1. The summed E-state index contributed by atoms with van der Waals surface area (Å²) in [5, 5.41) is 16.6. The van der Waals surface area contributed by atoms with Crippen molar-refractivity contribution in [3.05, 3.63) is 277 Å². The van der Waals surface area contributed by atoms with E-state index in [4.69, 9.17) is 5.48 Å². The monoisotopic (exact) mass is 1190 g/mol. The first-order valence-electron chi connectivity index (χ1n) is 35.7. The van der Waals surface area contributed by atoms with E-state index in [1.165, 1.54) is 21.9 Å². The molecule has 0 spiro atoms. The first-order valence-corrected chi connectivity index (χ1v) is 31.7. The number of rotatable bonds is 6. The summed E-state index contributed by atoms with van der Waals surface area (Å²) in [5.41, 5.74) is 19.2. The molecule has 0 unspecified atom stereocenters. The Kier molecular flexibility index (Phi) is 10.3. The predicted octanol–water partition coefficient (Wildman–Crippen LogP) is 20.5. The van der Waals surface area contributed by atoms with E-state index in [0.717, 1.165) is 94.4 Å². The Labute approximate surface area is 549 Å². The highest BCUT2D eigenvalue weighted by atomic mass is 15.2. The maximum absolute atomic E-state index is 12.2. The molecule has 6 nitrogen and oxygen atoms in total. The Morgan fingerprint density at radius 2 is 0.815 bits per heavy atom. The van der Waals surface area contributed by atoms with Gasteiger partial charge in [-0.05, 0) is 170 Å². The minimum absolute atomic E-state index is 0.0114. The van der Waals surface area contributed by atoms with Crippen molar-refractivity contribution in [2.24, 2.45) is 0 Å². The van der Waals surface area contributed by atoms with Crippen LogP contribution in [0.1, 0.15) is 95.5 Å². The lowest BCUT2D eigenvalue weighted by Crippen LogP contribution is -2.61. The third-order valence-corrected chi connectivity index (χ3v) is 19.4. The average Bonchev–Trinajstić information content (AvgIpc) is 0.795. The van der Waals surface area contributed by atoms with Gasteiger partial charge in [0.25, 0.3) is 6.71 Å². The molecule has 0 saturated heterocycles. The molecule has 5 heterocycles. The topological polar surface area (TPSA) is 45.1 Å². The van der Waals surface area contributed by atoms with E-state index in [1.807, 2.05) is 60.7 Å². The summed E-state index contributed by atoms with van der Waals surface area (Å²) in [6, 6.07) is 72.2. The van der Waals surface area contributed by atoms with E-state index in [9.17, 15) is 10.7 Å². The van der Waals surface area contributed by atoms with Crippen LogP contribution in [0, 0.1) is 11.3 Å². The fraction of sp³-hybridized carbons (Fsp3) is 0.141. The summed E-state index contributed by atoms with van der Waals surface area (Å²) in [6.45, 7) is 19.8. The number of hydrogen-bond donors (Lipinski definition) is 0. The molecule has 0 N–H and O–H groups in total. The molecule has 0 atom stereocenters. The van der Waals surface area contributed by atoms with Gasteiger partial charge in [0.15, 0.2) is 0 Å². The molecule has 0 aliphatic carbocycles. The van der Waals surface area contributed by atoms with Gasteiger partial charge in [0, 0.05) is 72.1 Å². The molecule has 0 saturated carbocycles.